The summed E-state index contributed by atoms with van der Waals surface area (Å²) in [5.41, 5.74) is -0.467. The molecule has 4 amide bonds. The van der Waals surface area contributed by atoms with Crippen molar-refractivity contribution in [2.24, 2.45) is 0 Å². The molecule has 0 saturated carbocycles. The van der Waals surface area contributed by atoms with Crippen LogP contribution in [0.4, 0.5) is 10.5 Å². The highest BCUT2D eigenvalue weighted by Crippen LogP contribution is 2.21. The van der Waals surface area contributed by atoms with Gasteiger partial charge in [-0.25, -0.2) is 4.79 Å². The first kappa shape index (κ1) is 20.2. The van der Waals surface area contributed by atoms with Crippen LogP contribution in [0.2, 0.25) is 5.02 Å². The highest BCUT2D eigenvalue weighted by Gasteiger charge is 2.47. The molecular weight excluding hydrogens is 376 g/mol. The summed E-state index contributed by atoms with van der Waals surface area (Å²) in [6, 6.07) is 5.51. The first-order valence-electron chi connectivity index (χ1n) is 7.99. The maximum atomic E-state index is 12.2. The lowest BCUT2D eigenvalue weighted by molar-refractivity contribution is -0.150. The molecule has 1 aromatic carbocycles. The Bertz CT molecular complexity index is 850. The van der Waals surface area contributed by atoms with E-state index < -0.39 is 42.5 Å². The molecule has 1 saturated heterocycles. The molecule has 1 aromatic rings. The van der Waals surface area contributed by atoms with Crippen LogP contribution in [0.15, 0.2) is 18.2 Å². The van der Waals surface area contributed by atoms with E-state index in [0.717, 1.165) is 4.90 Å². The van der Waals surface area contributed by atoms with Crippen LogP contribution < -0.4 is 10.6 Å². The number of carbonyl (C=O) groups is 4. The molecule has 1 aliphatic rings. The second-order valence-electron chi connectivity index (χ2n) is 6.02. The zero-order valence-electron chi connectivity index (χ0n) is 14.7. The molecule has 0 unspecified atom stereocenters. The standard InChI is InChI=1S/C17H17ClN4O5/c1-3-17(2)15(25)22(16(26)21-17)8-14(24)27-9-13(23)20-11-5-4-10(7-19)12(18)6-11/h4-6H,3,8-9H2,1-2H3,(H,20,23)(H,21,26)/t17-/m1/s1. The van der Waals surface area contributed by atoms with Crippen LogP contribution >= 0.6 is 11.6 Å². The highest BCUT2D eigenvalue weighted by molar-refractivity contribution is 6.32. The van der Waals surface area contributed by atoms with Gasteiger partial charge in [0.1, 0.15) is 18.2 Å². The van der Waals surface area contributed by atoms with E-state index >= 15 is 0 Å². The maximum Gasteiger partial charge on any atom is 0.326 e. The molecule has 27 heavy (non-hydrogen) atoms. The van der Waals surface area contributed by atoms with Crippen molar-refractivity contribution in [3.63, 3.8) is 0 Å². The molecule has 0 aromatic heterocycles. The van der Waals surface area contributed by atoms with E-state index in [0.29, 0.717) is 12.1 Å². The van der Waals surface area contributed by atoms with Gasteiger partial charge in [-0.15, -0.1) is 0 Å². The number of hydrogen-bond donors (Lipinski definition) is 2. The van der Waals surface area contributed by atoms with Crippen LogP contribution in [-0.2, 0) is 19.1 Å². The van der Waals surface area contributed by atoms with Crippen LogP contribution in [0.25, 0.3) is 0 Å². The van der Waals surface area contributed by atoms with Gasteiger partial charge in [0.05, 0.1) is 10.6 Å². The number of imide groups is 1. The summed E-state index contributed by atoms with van der Waals surface area (Å²) in [6.07, 6.45) is 0.374. The number of rotatable bonds is 6. The topological polar surface area (TPSA) is 129 Å². The number of ether oxygens (including phenoxy) is 1. The van der Waals surface area contributed by atoms with Crippen molar-refractivity contribution >= 4 is 41.1 Å². The molecule has 10 heteroatoms. The average Bonchev–Trinajstić information content (AvgIpc) is 2.84. The molecule has 0 aliphatic carbocycles. The molecule has 2 rings (SSSR count). The number of nitrogens with zero attached hydrogens (tertiary/aromatic N) is 2. The third-order valence-corrected chi connectivity index (χ3v) is 4.39. The lowest BCUT2D eigenvalue weighted by Gasteiger charge is -2.18. The predicted octanol–water partition coefficient (Wildman–Crippen LogP) is 1.41. The Morgan fingerprint density at radius 1 is 1.41 bits per heavy atom. The quantitative estimate of drug-likeness (QED) is 0.556. The van der Waals surface area contributed by atoms with Crippen molar-refractivity contribution in [3.05, 3.63) is 28.8 Å². The molecule has 0 radical (unpaired) electrons. The lowest BCUT2D eigenvalue weighted by atomic mass is 9.99. The Hall–Kier alpha value is -3.12. The second-order valence-corrected chi connectivity index (χ2v) is 6.43. The first-order chi connectivity index (χ1) is 12.7. The summed E-state index contributed by atoms with van der Waals surface area (Å²) in [5.74, 6) is -2.06. The van der Waals surface area contributed by atoms with E-state index in [1.807, 2.05) is 6.07 Å². The zero-order chi connectivity index (χ0) is 20.2. The molecule has 142 valence electrons. The molecule has 0 bridgehead atoms. The molecule has 2 N–H and O–H groups in total. The summed E-state index contributed by atoms with van der Waals surface area (Å²) >= 11 is 5.86. The molecule has 1 fully saturated rings. The average molecular weight is 393 g/mol. The van der Waals surface area contributed by atoms with E-state index in [1.165, 1.54) is 18.2 Å². The summed E-state index contributed by atoms with van der Waals surface area (Å²) < 4.78 is 4.80. The van der Waals surface area contributed by atoms with E-state index in [9.17, 15) is 19.2 Å². The third kappa shape index (κ3) is 4.54. The minimum absolute atomic E-state index is 0.171. The number of urea groups is 1. The van der Waals surface area contributed by atoms with E-state index in [4.69, 9.17) is 21.6 Å². The molecule has 0 spiro atoms. The zero-order valence-corrected chi connectivity index (χ0v) is 15.4. The Morgan fingerprint density at radius 3 is 2.67 bits per heavy atom. The molecular formula is C17H17ClN4O5. The van der Waals surface area contributed by atoms with Gasteiger partial charge in [-0.2, -0.15) is 5.26 Å². The number of nitrogens with one attached hydrogen (secondary N) is 2. The summed E-state index contributed by atoms with van der Waals surface area (Å²) in [4.78, 5) is 48.5. The summed E-state index contributed by atoms with van der Waals surface area (Å²) in [7, 11) is 0. The fourth-order valence-corrected chi connectivity index (χ4v) is 2.55. The third-order valence-electron chi connectivity index (χ3n) is 4.08. The van der Waals surface area contributed by atoms with E-state index in [1.54, 1.807) is 13.8 Å². The number of carbonyl (C=O) groups excluding carboxylic acids is 4. The van der Waals surface area contributed by atoms with Gasteiger partial charge in [-0.1, -0.05) is 18.5 Å². The number of esters is 1. The molecule has 1 atom stereocenters. The number of hydrogen-bond acceptors (Lipinski definition) is 6. The maximum absolute atomic E-state index is 12.2. The molecule has 1 heterocycles. The Kier molecular flexibility index (Phi) is 6.02. The SMILES string of the molecule is CC[C@@]1(C)NC(=O)N(CC(=O)OCC(=O)Nc2ccc(C#N)c(Cl)c2)C1=O. The summed E-state index contributed by atoms with van der Waals surface area (Å²) in [5, 5.41) is 13.9. The number of amides is 4. The highest BCUT2D eigenvalue weighted by atomic mass is 35.5. The van der Waals surface area contributed by atoms with Crippen molar-refractivity contribution in [1.29, 1.82) is 5.26 Å². The number of nitriles is 1. The van der Waals surface area contributed by atoms with Crippen LogP contribution in [0.1, 0.15) is 25.8 Å². The Balaban J connectivity index is 1.86. The van der Waals surface area contributed by atoms with Crippen LogP contribution in [-0.4, -0.2) is 47.4 Å². The number of benzene rings is 1. The Labute approximate surface area is 160 Å². The van der Waals surface area contributed by atoms with Crippen molar-refractivity contribution in [2.45, 2.75) is 25.8 Å². The fraction of sp³-hybridized carbons (Fsp3) is 0.353. The normalized spacial score (nSPS) is 18.7. The minimum atomic E-state index is -1.05. The first-order valence-corrected chi connectivity index (χ1v) is 8.37. The monoisotopic (exact) mass is 392 g/mol. The van der Waals surface area contributed by atoms with Gasteiger partial charge in [0.15, 0.2) is 6.61 Å². The van der Waals surface area contributed by atoms with Gasteiger partial charge < -0.3 is 15.4 Å². The second kappa shape index (κ2) is 8.05. The lowest BCUT2D eigenvalue weighted by Crippen LogP contribution is -2.43. The molecule has 9 nitrogen and oxygen atoms in total. The molecule has 1 aliphatic heterocycles. The predicted molar refractivity (Wildman–Crippen MR) is 94.7 cm³/mol. The van der Waals surface area contributed by atoms with E-state index in [-0.39, 0.29) is 10.6 Å². The minimum Gasteiger partial charge on any atom is -0.454 e. The van der Waals surface area contributed by atoms with Gasteiger partial charge >= 0.3 is 12.0 Å². The van der Waals surface area contributed by atoms with Crippen molar-refractivity contribution in [3.8, 4) is 6.07 Å². The smallest absolute Gasteiger partial charge is 0.326 e. The van der Waals surface area contributed by atoms with Gasteiger partial charge in [0, 0.05) is 5.69 Å². The summed E-state index contributed by atoms with van der Waals surface area (Å²) in [6.45, 7) is 2.11. The van der Waals surface area contributed by atoms with Crippen molar-refractivity contribution < 1.29 is 23.9 Å². The largest absolute Gasteiger partial charge is 0.454 e. The van der Waals surface area contributed by atoms with Crippen molar-refractivity contribution in [1.82, 2.24) is 10.2 Å². The number of anilines is 1. The van der Waals surface area contributed by atoms with Gasteiger partial charge in [-0.3, -0.25) is 19.3 Å². The van der Waals surface area contributed by atoms with Gasteiger partial charge in [0.25, 0.3) is 11.8 Å². The van der Waals surface area contributed by atoms with Crippen LogP contribution in [0.3, 0.4) is 0 Å². The van der Waals surface area contributed by atoms with Crippen molar-refractivity contribution in [2.75, 3.05) is 18.5 Å². The van der Waals surface area contributed by atoms with Crippen LogP contribution in [0, 0.1) is 11.3 Å². The fourth-order valence-electron chi connectivity index (χ4n) is 2.33. The van der Waals surface area contributed by atoms with Gasteiger partial charge in [-0.05, 0) is 31.5 Å². The van der Waals surface area contributed by atoms with Gasteiger partial charge in [0.2, 0.25) is 0 Å². The Morgan fingerprint density at radius 2 is 2.11 bits per heavy atom. The number of halogens is 1. The van der Waals surface area contributed by atoms with Crippen LogP contribution in [0.5, 0.6) is 0 Å². The van der Waals surface area contributed by atoms with E-state index in [2.05, 4.69) is 10.6 Å².